The molecule has 0 saturated heterocycles. The molecule has 1 atom stereocenters. The van der Waals surface area contributed by atoms with E-state index in [4.69, 9.17) is 0 Å². The van der Waals surface area contributed by atoms with Crippen LogP contribution in [0.4, 0.5) is 0 Å². The minimum atomic E-state index is -0.154. The van der Waals surface area contributed by atoms with Crippen molar-refractivity contribution in [2.45, 2.75) is 13.0 Å². The number of aromatic amines is 1. The average molecular weight is 295 g/mol. The largest absolute Gasteiger partial charge is 0.345 e. The molecule has 0 bridgehead atoms. The number of carbonyl (C=O) groups is 1. The van der Waals surface area contributed by atoms with Crippen molar-refractivity contribution in [2.75, 3.05) is 0 Å². The van der Waals surface area contributed by atoms with E-state index < -0.39 is 0 Å². The van der Waals surface area contributed by atoms with Gasteiger partial charge in [-0.3, -0.25) is 9.89 Å². The van der Waals surface area contributed by atoms with Gasteiger partial charge in [0.25, 0.3) is 5.91 Å². The number of halogens is 1. The third kappa shape index (κ3) is 2.91. The minimum Gasteiger partial charge on any atom is -0.345 e. The molecule has 0 saturated carbocycles. The molecule has 5 nitrogen and oxygen atoms in total. The van der Waals surface area contributed by atoms with E-state index in [0.29, 0.717) is 10.2 Å². The first-order chi connectivity index (χ1) is 8.16. The molecule has 6 heteroatoms. The van der Waals surface area contributed by atoms with E-state index in [1.54, 1.807) is 24.5 Å². The van der Waals surface area contributed by atoms with Crippen LogP contribution in [0.2, 0.25) is 0 Å². The molecule has 1 amide bonds. The number of H-pyrrole nitrogens is 1. The lowest BCUT2D eigenvalue weighted by atomic mass is 10.2. The fourth-order valence-corrected chi connectivity index (χ4v) is 1.61. The Hall–Kier alpha value is -1.69. The number of hydrogen-bond acceptors (Lipinski definition) is 3. The van der Waals surface area contributed by atoms with Gasteiger partial charge in [-0.15, -0.1) is 0 Å². The van der Waals surface area contributed by atoms with Gasteiger partial charge in [-0.25, -0.2) is 4.98 Å². The lowest BCUT2D eigenvalue weighted by Gasteiger charge is -2.11. The van der Waals surface area contributed by atoms with E-state index in [9.17, 15) is 4.79 Å². The van der Waals surface area contributed by atoms with Gasteiger partial charge in [0.1, 0.15) is 4.60 Å². The van der Waals surface area contributed by atoms with Gasteiger partial charge in [0, 0.05) is 18.0 Å². The fourth-order valence-electron chi connectivity index (χ4n) is 1.37. The minimum absolute atomic E-state index is 0.0927. The first-order valence-corrected chi connectivity index (χ1v) is 5.87. The van der Waals surface area contributed by atoms with Crippen LogP contribution in [-0.2, 0) is 0 Å². The molecule has 0 aromatic carbocycles. The second-order valence-corrected chi connectivity index (χ2v) is 4.41. The van der Waals surface area contributed by atoms with Crippen LogP contribution in [0.5, 0.6) is 0 Å². The number of rotatable bonds is 3. The SMILES string of the molecule is CC(NC(=O)c1ccc(Br)nc1)c1cn[nH]c1. The summed E-state index contributed by atoms with van der Waals surface area (Å²) in [5.74, 6) is -0.154. The molecule has 2 heterocycles. The first kappa shape index (κ1) is 11.8. The van der Waals surface area contributed by atoms with Crippen LogP contribution in [0.15, 0.2) is 35.3 Å². The topological polar surface area (TPSA) is 70.7 Å². The smallest absolute Gasteiger partial charge is 0.253 e. The Morgan fingerprint density at radius 1 is 1.47 bits per heavy atom. The van der Waals surface area contributed by atoms with Crippen LogP contribution in [0.1, 0.15) is 28.9 Å². The Labute approximate surface area is 107 Å². The van der Waals surface area contributed by atoms with Crippen LogP contribution < -0.4 is 5.32 Å². The summed E-state index contributed by atoms with van der Waals surface area (Å²) >= 11 is 3.22. The molecule has 2 aromatic rings. The molecule has 0 spiro atoms. The van der Waals surface area contributed by atoms with E-state index in [1.165, 1.54) is 6.20 Å². The summed E-state index contributed by atoms with van der Waals surface area (Å²) in [5, 5.41) is 9.42. The molecule has 1 unspecified atom stereocenters. The highest BCUT2D eigenvalue weighted by Crippen LogP contribution is 2.11. The van der Waals surface area contributed by atoms with Crippen molar-refractivity contribution in [2.24, 2.45) is 0 Å². The Balaban J connectivity index is 2.04. The molecule has 2 rings (SSSR count). The monoisotopic (exact) mass is 294 g/mol. The predicted molar refractivity (Wildman–Crippen MR) is 66.4 cm³/mol. The maximum Gasteiger partial charge on any atom is 0.253 e. The van der Waals surface area contributed by atoms with Crippen molar-refractivity contribution in [3.05, 3.63) is 46.5 Å². The van der Waals surface area contributed by atoms with Gasteiger partial charge in [-0.05, 0) is 35.0 Å². The second kappa shape index (κ2) is 5.09. The first-order valence-electron chi connectivity index (χ1n) is 5.08. The number of hydrogen-bond donors (Lipinski definition) is 2. The van der Waals surface area contributed by atoms with Gasteiger partial charge >= 0.3 is 0 Å². The van der Waals surface area contributed by atoms with E-state index >= 15 is 0 Å². The highest BCUT2D eigenvalue weighted by Gasteiger charge is 2.12. The highest BCUT2D eigenvalue weighted by atomic mass is 79.9. The highest BCUT2D eigenvalue weighted by molar-refractivity contribution is 9.10. The number of carbonyl (C=O) groups excluding carboxylic acids is 1. The van der Waals surface area contributed by atoms with Gasteiger partial charge in [-0.1, -0.05) is 0 Å². The van der Waals surface area contributed by atoms with Crippen molar-refractivity contribution < 1.29 is 4.79 Å². The van der Waals surface area contributed by atoms with Gasteiger partial charge in [-0.2, -0.15) is 5.10 Å². The lowest BCUT2D eigenvalue weighted by Crippen LogP contribution is -2.26. The van der Waals surface area contributed by atoms with Crippen molar-refractivity contribution in [1.82, 2.24) is 20.5 Å². The molecule has 2 aromatic heterocycles. The maximum absolute atomic E-state index is 11.9. The van der Waals surface area contributed by atoms with Gasteiger partial charge in [0.15, 0.2) is 0 Å². The van der Waals surface area contributed by atoms with Crippen LogP contribution in [0.25, 0.3) is 0 Å². The maximum atomic E-state index is 11.9. The third-order valence-corrected chi connectivity index (χ3v) is 2.83. The zero-order valence-corrected chi connectivity index (χ0v) is 10.7. The van der Waals surface area contributed by atoms with Crippen molar-refractivity contribution in [3.8, 4) is 0 Å². The molecule has 0 aliphatic rings. The number of nitrogens with zero attached hydrogens (tertiary/aromatic N) is 2. The summed E-state index contributed by atoms with van der Waals surface area (Å²) in [6, 6.07) is 3.36. The number of aromatic nitrogens is 3. The Morgan fingerprint density at radius 2 is 2.29 bits per heavy atom. The zero-order chi connectivity index (χ0) is 12.3. The molecule has 17 heavy (non-hydrogen) atoms. The molecule has 2 N–H and O–H groups in total. The second-order valence-electron chi connectivity index (χ2n) is 3.60. The molecule has 88 valence electrons. The molecule has 0 radical (unpaired) electrons. The third-order valence-electron chi connectivity index (χ3n) is 2.36. The van der Waals surface area contributed by atoms with Gasteiger partial charge in [0.05, 0.1) is 17.8 Å². The molecule has 0 aliphatic heterocycles. The van der Waals surface area contributed by atoms with Crippen molar-refractivity contribution in [1.29, 1.82) is 0 Å². The quantitative estimate of drug-likeness (QED) is 0.851. The van der Waals surface area contributed by atoms with Crippen molar-refractivity contribution in [3.63, 3.8) is 0 Å². The summed E-state index contributed by atoms with van der Waals surface area (Å²) in [4.78, 5) is 15.9. The number of pyridine rings is 1. The summed E-state index contributed by atoms with van der Waals surface area (Å²) in [7, 11) is 0. The molecular weight excluding hydrogens is 284 g/mol. The van der Waals surface area contributed by atoms with Crippen LogP contribution in [0, 0.1) is 0 Å². The summed E-state index contributed by atoms with van der Waals surface area (Å²) in [6.07, 6.45) is 4.97. The van der Waals surface area contributed by atoms with E-state index in [1.807, 2.05) is 6.92 Å². The van der Waals surface area contributed by atoms with Crippen LogP contribution in [-0.4, -0.2) is 21.1 Å². The summed E-state index contributed by atoms with van der Waals surface area (Å²) < 4.78 is 0.705. The summed E-state index contributed by atoms with van der Waals surface area (Å²) in [6.45, 7) is 1.90. The van der Waals surface area contributed by atoms with E-state index in [2.05, 4.69) is 36.4 Å². The summed E-state index contributed by atoms with van der Waals surface area (Å²) in [5.41, 5.74) is 1.46. The normalized spacial score (nSPS) is 12.1. The van der Waals surface area contributed by atoms with Gasteiger partial charge in [0.2, 0.25) is 0 Å². The average Bonchev–Trinajstić information content (AvgIpc) is 2.83. The Kier molecular flexibility index (Phi) is 3.53. The van der Waals surface area contributed by atoms with E-state index in [-0.39, 0.29) is 11.9 Å². The lowest BCUT2D eigenvalue weighted by molar-refractivity contribution is 0.0939. The molecule has 0 aliphatic carbocycles. The standard InChI is InChI=1S/C11H11BrN4O/c1-7(9-5-14-15-6-9)16-11(17)8-2-3-10(12)13-4-8/h2-7H,1H3,(H,14,15)(H,16,17). The molecule has 0 fully saturated rings. The van der Waals surface area contributed by atoms with Gasteiger partial charge < -0.3 is 5.32 Å². The fraction of sp³-hybridized carbons (Fsp3) is 0.182. The number of nitrogens with one attached hydrogen (secondary N) is 2. The molecular formula is C11H11BrN4O. The van der Waals surface area contributed by atoms with Crippen molar-refractivity contribution >= 4 is 21.8 Å². The predicted octanol–water partition coefficient (Wildman–Crippen LogP) is 2.06. The van der Waals surface area contributed by atoms with Crippen LogP contribution in [0.3, 0.4) is 0 Å². The zero-order valence-electron chi connectivity index (χ0n) is 9.14. The Bertz CT molecular complexity index is 495. The van der Waals surface area contributed by atoms with Crippen LogP contribution >= 0.6 is 15.9 Å². The Morgan fingerprint density at radius 3 is 2.88 bits per heavy atom. The number of amides is 1. The van der Waals surface area contributed by atoms with E-state index in [0.717, 1.165) is 5.56 Å².